The lowest BCUT2D eigenvalue weighted by atomic mass is 9.98. The van der Waals surface area contributed by atoms with Gasteiger partial charge in [0, 0.05) is 146 Å². The van der Waals surface area contributed by atoms with Gasteiger partial charge in [-0.2, -0.15) is 0 Å². The average Bonchev–Trinajstić information content (AvgIpc) is 1.66. The number of aliphatic hydroxyl groups excluding tert-OH is 1. The van der Waals surface area contributed by atoms with Crippen LogP contribution in [0.15, 0.2) is 219 Å². The van der Waals surface area contributed by atoms with Crippen LogP contribution in [0.3, 0.4) is 0 Å². The van der Waals surface area contributed by atoms with Crippen LogP contribution in [0.1, 0.15) is 194 Å². The summed E-state index contributed by atoms with van der Waals surface area (Å²) in [6.07, 6.45) is 19.8. The number of benzene rings is 8. The monoisotopic (exact) mass is 1560 g/mol. The lowest BCUT2D eigenvalue weighted by Gasteiger charge is -2.19. The second-order valence-corrected chi connectivity index (χ2v) is 30.0. The van der Waals surface area contributed by atoms with E-state index in [1.165, 1.54) is 17.5 Å². The van der Waals surface area contributed by atoms with Crippen LogP contribution in [-0.2, 0) is 38.5 Å². The van der Waals surface area contributed by atoms with Crippen molar-refractivity contribution in [2.24, 2.45) is 0 Å². The van der Waals surface area contributed by atoms with Crippen LogP contribution in [-0.4, -0.2) is 108 Å². The third-order valence-electron chi connectivity index (χ3n) is 21.4. The standard InChI is InChI=1S/C25H27N3O3.C24H26N4O.C24H25N3O2.C24H25N3O/c1-17-11-18(14-20(12-17)31-2)13-19-15-25(27-16-26-19)28-9-8-21-22(5-3-6-23(21)28)24(30)7-4-10-29;1-3-4-11-22(29)20-9-6-10-21-19(20)12-13-28(21)24-15-23(25-16-26-24)27-18-8-5-7-17(2)14-18;1-3-4-11-22(28)20-9-6-10-21-19(20)12-13-27(21)23-15-24(26-16-25-23)29-18-8-5-7-17(2)14-18;1-2-3-12-23(28)21-10-7-11-22-20(21)13-14-27(22)24-16-19(25-17-26-24)15-18-8-5-4-6-9-18/h3,5-6,11-12,14-16,29H,4,7-10,13H2,1-2H3;5-10,14-16H,3-4,11-13H2,1-2H3,(H,25,26,27);5-10,14-16H,3-4,11-13H2,1-2H3;4-11,16-17H,2-3,12-15H2,1H3. The molecule has 117 heavy (non-hydrogen) atoms. The molecule has 0 atom stereocenters. The van der Waals surface area contributed by atoms with Gasteiger partial charge in [0.25, 0.3) is 0 Å². The lowest BCUT2D eigenvalue weighted by Crippen LogP contribution is -2.15. The minimum absolute atomic E-state index is 0.0312. The number of aryl methyl sites for hydroxylation is 3. The molecule has 0 bridgehead atoms. The highest BCUT2D eigenvalue weighted by molar-refractivity contribution is 6.02. The van der Waals surface area contributed by atoms with E-state index in [0.717, 1.165) is 238 Å². The highest BCUT2D eigenvalue weighted by Gasteiger charge is 2.31. The number of hydrogen-bond donors (Lipinski definition) is 2. The van der Waals surface area contributed by atoms with Gasteiger partial charge in [0.2, 0.25) is 5.88 Å². The predicted molar refractivity (Wildman–Crippen MR) is 464 cm³/mol. The number of anilines is 10. The fourth-order valence-electron chi connectivity index (χ4n) is 15.6. The zero-order valence-corrected chi connectivity index (χ0v) is 68.1. The number of aromatic nitrogens is 8. The van der Waals surface area contributed by atoms with Gasteiger partial charge in [0.15, 0.2) is 23.1 Å². The van der Waals surface area contributed by atoms with Gasteiger partial charge < -0.3 is 39.5 Å². The number of carbonyl (C=O) groups is 4. The van der Waals surface area contributed by atoms with Gasteiger partial charge in [-0.15, -0.1) is 0 Å². The molecular weight excluding hydrogens is 1460 g/mol. The SMILES string of the molecule is CCCCC(=O)c1cccc2c1CCN2c1cc(Cc2ccccc2)ncn1.CCCCC(=O)c1cccc2c1CCN2c1cc(Nc2cccc(C)c2)ncn1.CCCCC(=O)c1cccc2c1CCN2c1cc(Oc2cccc(C)c2)ncn1.COc1cc(C)cc(Cc2cc(N3CCc4c(C(=O)CCCO)cccc43)ncn2)c1. The molecule has 0 unspecified atom stereocenters. The summed E-state index contributed by atoms with van der Waals surface area (Å²) in [7, 11) is 1.68. The first-order valence-electron chi connectivity index (χ1n) is 41.0. The highest BCUT2D eigenvalue weighted by atomic mass is 16.5. The molecule has 8 aromatic carbocycles. The number of aliphatic hydroxyl groups is 1. The molecule has 4 aromatic heterocycles. The number of ketones is 4. The van der Waals surface area contributed by atoms with Gasteiger partial charge >= 0.3 is 0 Å². The maximum absolute atomic E-state index is 12.6. The number of hydrogen-bond acceptors (Lipinski definition) is 20. The van der Waals surface area contributed by atoms with Crippen molar-refractivity contribution >= 4 is 80.7 Å². The molecule has 16 rings (SSSR count). The number of ether oxygens (including phenoxy) is 2. The molecule has 4 aliphatic heterocycles. The van der Waals surface area contributed by atoms with Crippen molar-refractivity contribution in [2.75, 3.05) is 64.8 Å². The Morgan fingerprint density at radius 3 is 1.25 bits per heavy atom. The number of carbonyl (C=O) groups excluding carboxylic acids is 4. The van der Waals surface area contributed by atoms with E-state index in [9.17, 15) is 19.2 Å². The van der Waals surface area contributed by atoms with E-state index in [-0.39, 0.29) is 29.7 Å². The Balaban J connectivity index is 0.000000136. The first-order valence-corrected chi connectivity index (χ1v) is 41.0. The van der Waals surface area contributed by atoms with Crippen molar-refractivity contribution in [1.82, 2.24) is 39.9 Å². The molecule has 0 spiro atoms. The van der Waals surface area contributed by atoms with E-state index in [0.29, 0.717) is 44.4 Å². The van der Waals surface area contributed by atoms with Crippen molar-refractivity contribution in [1.29, 1.82) is 0 Å². The average molecular weight is 1560 g/mol. The van der Waals surface area contributed by atoms with Crippen molar-refractivity contribution in [3.63, 3.8) is 0 Å². The maximum Gasteiger partial charge on any atom is 0.224 e. The summed E-state index contributed by atoms with van der Waals surface area (Å²) >= 11 is 0. The van der Waals surface area contributed by atoms with Gasteiger partial charge in [0.05, 0.1) is 18.5 Å². The summed E-state index contributed by atoms with van der Waals surface area (Å²) in [5, 5.41) is 12.4. The number of unbranched alkanes of at least 4 members (excludes halogenated alkanes) is 3. The molecule has 0 amide bonds. The first-order chi connectivity index (χ1) is 57.1. The Morgan fingerprint density at radius 1 is 0.385 bits per heavy atom. The van der Waals surface area contributed by atoms with Gasteiger partial charge in [-0.25, -0.2) is 39.9 Å². The summed E-state index contributed by atoms with van der Waals surface area (Å²) < 4.78 is 11.3. The third kappa shape index (κ3) is 20.9. The second kappa shape index (κ2) is 40.1. The largest absolute Gasteiger partial charge is 0.497 e. The van der Waals surface area contributed by atoms with Crippen LogP contribution in [0.5, 0.6) is 17.4 Å². The molecule has 8 heterocycles. The fourth-order valence-corrected chi connectivity index (χ4v) is 15.6. The van der Waals surface area contributed by atoms with Crippen LogP contribution in [0.25, 0.3) is 0 Å². The molecule has 2 N–H and O–H groups in total. The van der Waals surface area contributed by atoms with Crippen LogP contribution in [0.2, 0.25) is 0 Å². The topological polar surface area (TPSA) is 235 Å². The van der Waals surface area contributed by atoms with Crippen molar-refractivity contribution < 1.29 is 33.8 Å². The third-order valence-corrected chi connectivity index (χ3v) is 21.4. The fraction of sp³-hybridized carbons (Fsp3) is 0.299. The number of fused-ring (bicyclic) bond motifs is 4. The van der Waals surface area contributed by atoms with E-state index >= 15 is 0 Å². The summed E-state index contributed by atoms with van der Waals surface area (Å²) in [5.74, 6) is 7.03. The Kier molecular flexibility index (Phi) is 28.2. The first kappa shape index (κ1) is 82.3. The highest BCUT2D eigenvalue weighted by Crippen LogP contribution is 2.42. The Morgan fingerprint density at radius 2 is 0.795 bits per heavy atom. The number of rotatable bonds is 29. The molecule has 0 radical (unpaired) electrons. The van der Waals surface area contributed by atoms with E-state index in [4.69, 9.17) is 14.6 Å². The molecule has 0 fully saturated rings. The van der Waals surface area contributed by atoms with E-state index < -0.39 is 0 Å². The molecular formula is C97H103N13O7. The minimum atomic E-state index is 0.0312. The Bertz CT molecular complexity index is 5300. The quantitative estimate of drug-likeness (QED) is 0.0415. The molecule has 12 aromatic rings. The zero-order valence-electron chi connectivity index (χ0n) is 68.1. The van der Waals surface area contributed by atoms with Crippen molar-refractivity contribution in [2.45, 2.75) is 151 Å². The van der Waals surface area contributed by atoms with E-state index in [1.807, 2.05) is 146 Å². The number of Topliss-reactive ketones (excluding diaryl/α,β-unsaturated/α-hetero) is 4. The van der Waals surface area contributed by atoms with E-state index in [2.05, 4.69) is 154 Å². The van der Waals surface area contributed by atoms with Crippen molar-refractivity contribution in [3.05, 3.63) is 303 Å². The molecule has 0 saturated carbocycles. The second-order valence-electron chi connectivity index (χ2n) is 30.0. The summed E-state index contributed by atoms with van der Waals surface area (Å²) in [5.41, 5.74) is 20.9. The van der Waals surface area contributed by atoms with E-state index in [1.54, 1.807) is 26.1 Å². The number of nitrogens with zero attached hydrogens (tertiary/aromatic N) is 12. The summed E-state index contributed by atoms with van der Waals surface area (Å²) in [6, 6.07) is 64.4. The summed E-state index contributed by atoms with van der Waals surface area (Å²) in [6.45, 7) is 15.7. The summed E-state index contributed by atoms with van der Waals surface area (Å²) in [4.78, 5) is 94.7. The van der Waals surface area contributed by atoms with Gasteiger partial charge in [0.1, 0.15) is 65.9 Å². The molecule has 20 nitrogen and oxygen atoms in total. The molecule has 20 heteroatoms. The normalized spacial score (nSPS) is 12.7. The van der Waals surface area contributed by atoms with Crippen LogP contribution >= 0.6 is 0 Å². The molecule has 598 valence electrons. The smallest absolute Gasteiger partial charge is 0.224 e. The predicted octanol–water partition coefficient (Wildman–Crippen LogP) is 20.4. The number of nitrogens with one attached hydrogen (secondary N) is 1. The number of methoxy groups -OCH3 is 1. The molecule has 0 saturated heterocycles. The lowest BCUT2D eigenvalue weighted by molar-refractivity contribution is 0.0964. The molecule has 0 aliphatic carbocycles. The van der Waals surface area contributed by atoms with Crippen molar-refractivity contribution in [3.8, 4) is 17.4 Å². The Hall–Kier alpha value is -12.7. The molecule has 4 aliphatic rings. The van der Waals surface area contributed by atoms with Gasteiger partial charge in [-0.05, 0) is 183 Å². The Labute approximate surface area is 686 Å². The van der Waals surface area contributed by atoms with Crippen LogP contribution in [0, 0.1) is 20.8 Å². The minimum Gasteiger partial charge on any atom is -0.497 e. The maximum atomic E-state index is 12.6. The zero-order chi connectivity index (χ0) is 81.6. The van der Waals surface area contributed by atoms with Gasteiger partial charge in [-0.1, -0.05) is 149 Å². The van der Waals surface area contributed by atoms with Crippen LogP contribution in [0.4, 0.5) is 57.5 Å². The van der Waals surface area contributed by atoms with Gasteiger partial charge in [-0.3, -0.25) is 19.2 Å². The van der Waals surface area contributed by atoms with Crippen LogP contribution < -0.4 is 34.4 Å².